The van der Waals surface area contributed by atoms with Crippen molar-refractivity contribution >= 4 is 5.97 Å². The highest BCUT2D eigenvalue weighted by atomic mass is 16.5. The van der Waals surface area contributed by atoms with Crippen molar-refractivity contribution in [2.24, 2.45) is 5.41 Å². The molecule has 0 fully saturated rings. The molecule has 1 atom stereocenters. The highest BCUT2D eigenvalue weighted by Crippen LogP contribution is 2.27. The molecular weight excluding hydrogens is 216 g/mol. The van der Waals surface area contributed by atoms with Gasteiger partial charge in [0, 0.05) is 7.11 Å². The van der Waals surface area contributed by atoms with Crippen molar-refractivity contribution in [1.29, 1.82) is 0 Å². The molecule has 1 rings (SSSR count). The van der Waals surface area contributed by atoms with Crippen LogP contribution in [0.1, 0.15) is 19.4 Å². The highest BCUT2D eigenvalue weighted by molar-refractivity contribution is 5.76. The van der Waals surface area contributed by atoms with Gasteiger partial charge in [0.15, 0.2) is 0 Å². The summed E-state index contributed by atoms with van der Waals surface area (Å²) in [5.41, 5.74) is 0.496. The van der Waals surface area contributed by atoms with Gasteiger partial charge in [0.2, 0.25) is 0 Å². The molecular formula is C14H20O3. The Morgan fingerprint density at radius 3 is 2.29 bits per heavy atom. The van der Waals surface area contributed by atoms with Crippen molar-refractivity contribution in [3.63, 3.8) is 0 Å². The maximum atomic E-state index is 11.7. The van der Waals surface area contributed by atoms with E-state index in [4.69, 9.17) is 9.47 Å². The minimum atomic E-state index is -0.653. The van der Waals surface area contributed by atoms with E-state index in [0.29, 0.717) is 6.42 Å². The molecule has 0 aromatic heterocycles. The van der Waals surface area contributed by atoms with Gasteiger partial charge in [-0.15, -0.1) is 0 Å². The molecule has 1 aromatic carbocycles. The molecule has 3 heteroatoms. The summed E-state index contributed by atoms with van der Waals surface area (Å²) in [5.74, 6) is -0.250. The first-order valence-corrected chi connectivity index (χ1v) is 5.67. The first-order chi connectivity index (χ1) is 8.02. The van der Waals surface area contributed by atoms with Crippen molar-refractivity contribution in [3.8, 4) is 0 Å². The zero-order valence-electron chi connectivity index (χ0n) is 10.9. The first kappa shape index (κ1) is 13.7. The van der Waals surface area contributed by atoms with E-state index in [9.17, 15) is 4.79 Å². The molecule has 0 aliphatic carbocycles. The largest absolute Gasteiger partial charge is 0.469 e. The molecule has 0 spiro atoms. The van der Waals surface area contributed by atoms with E-state index >= 15 is 0 Å². The van der Waals surface area contributed by atoms with Crippen molar-refractivity contribution in [3.05, 3.63) is 35.9 Å². The number of hydrogen-bond donors (Lipinski definition) is 0. The zero-order chi connectivity index (χ0) is 12.9. The average Bonchev–Trinajstić information content (AvgIpc) is 2.35. The lowest BCUT2D eigenvalue weighted by Crippen LogP contribution is -2.40. The lowest BCUT2D eigenvalue weighted by Gasteiger charge is -2.30. The molecule has 0 amide bonds. The van der Waals surface area contributed by atoms with Gasteiger partial charge in [-0.25, -0.2) is 0 Å². The molecule has 1 unspecified atom stereocenters. The fourth-order valence-corrected chi connectivity index (χ4v) is 1.86. The SMILES string of the molecule is COC(=O)C(C)(C)C(Cc1ccccc1)OC. The number of methoxy groups -OCH3 is 2. The lowest BCUT2D eigenvalue weighted by atomic mass is 9.83. The van der Waals surface area contributed by atoms with Crippen LogP contribution in [0.3, 0.4) is 0 Å². The summed E-state index contributed by atoms with van der Waals surface area (Å²) in [7, 11) is 3.03. The number of carbonyl (C=O) groups is 1. The van der Waals surface area contributed by atoms with Gasteiger partial charge in [0.05, 0.1) is 18.6 Å². The Kier molecular flexibility index (Phi) is 4.70. The predicted octanol–water partition coefficient (Wildman–Crippen LogP) is 2.44. The number of carbonyl (C=O) groups excluding carboxylic acids is 1. The van der Waals surface area contributed by atoms with Gasteiger partial charge in [-0.3, -0.25) is 4.79 Å². The quantitative estimate of drug-likeness (QED) is 0.737. The summed E-state index contributed by atoms with van der Waals surface area (Å²) in [6.07, 6.45) is 0.497. The molecule has 1 aromatic rings. The van der Waals surface area contributed by atoms with Crippen LogP contribution in [0.15, 0.2) is 30.3 Å². The molecule has 94 valence electrons. The topological polar surface area (TPSA) is 35.5 Å². The normalized spacial score (nSPS) is 13.2. The molecule has 0 aliphatic rings. The Labute approximate surface area is 103 Å². The van der Waals surface area contributed by atoms with Crippen LogP contribution in [0.5, 0.6) is 0 Å². The summed E-state index contributed by atoms with van der Waals surface area (Å²) < 4.78 is 10.3. The summed E-state index contributed by atoms with van der Waals surface area (Å²) in [5, 5.41) is 0. The van der Waals surface area contributed by atoms with Gasteiger partial charge in [0.25, 0.3) is 0 Å². The summed E-state index contributed by atoms with van der Waals surface area (Å²) >= 11 is 0. The minimum Gasteiger partial charge on any atom is -0.469 e. The fourth-order valence-electron chi connectivity index (χ4n) is 1.86. The molecule has 3 nitrogen and oxygen atoms in total. The van der Waals surface area contributed by atoms with E-state index in [1.54, 1.807) is 7.11 Å². The predicted molar refractivity (Wildman–Crippen MR) is 66.7 cm³/mol. The number of esters is 1. The third-order valence-corrected chi connectivity index (χ3v) is 3.06. The van der Waals surface area contributed by atoms with Gasteiger partial charge >= 0.3 is 5.97 Å². The van der Waals surface area contributed by atoms with Crippen LogP contribution in [0.2, 0.25) is 0 Å². The van der Waals surface area contributed by atoms with Crippen LogP contribution in [0, 0.1) is 5.41 Å². The van der Waals surface area contributed by atoms with Gasteiger partial charge in [-0.2, -0.15) is 0 Å². The molecule has 0 radical (unpaired) electrons. The maximum Gasteiger partial charge on any atom is 0.313 e. The number of hydrogen-bond acceptors (Lipinski definition) is 3. The molecule has 0 N–H and O–H groups in total. The standard InChI is InChI=1S/C14H20O3/c1-14(2,13(15)17-4)12(16-3)10-11-8-6-5-7-9-11/h5-9,12H,10H2,1-4H3. The van der Waals surface area contributed by atoms with Crippen molar-refractivity contribution in [2.75, 3.05) is 14.2 Å². The van der Waals surface area contributed by atoms with Crippen LogP contribution in [-0.4, -0.2) is 26.3 Å². The molecule has 0 saturated heterocycles. The van der Waals surface area contributed by atoms with Crippen LogP contribution in [0.25, 0.3) is 0 Å². The summed E-state index contributed by atoms with van der Waals surface area (Å²) in [6, 6.07) is 9.98. The zero-order valence-corrected chi connectivity index (χ0v) is 10.9. The van der Waals surface area contributed by atoms with Gasteiger partial charge < -0.3 is 9.47 Å². The van der Waals surface area contributed by atoms with E-state index in [0.717, 1.165) is 5.56 Å². The van der Waals surface area contributed by atoms with Crippen molar-refractivity contribution < 1.29 is 14.3 Å². The molecule has 17 heavy (non-hydrogen) atoms. The monoisotopic (exact) mass is 236 g/mol. The Balaban J connectivity index is 2.82. The second-order valence-corrected chi connectivity index (χ2v) is 4.63. The van der Waals surface area contributed by atoms with E-state index in [1.807, 2.05) is 44.2 Å². The first-order valence-electron chi connectivity index (χ1n) is 5.67. The summed E-state index contributed by atoms with van der Waals surface area (Å²) in [6.45, 7) is 3.69. The Morgan fingerprint density at radius 1 is 1.24 bits per heavy atom. The summed E-state index contributed by atoms with van der Waals surface area (Å²) in [4.78, 5) is 11.7. The smallest absolute Gasteiger partial charge is 0.313 e. The second kappa shape index (κ2) is 5.82. The Hall–Kier alpha value is -1.35. The third-order valence-electron chi connectivity index (χ3n) is 3.06. The van der Waals surface area contributed by atoms with E-state index in [-0.39, 0.29) is 12.1 Å². The fraction of sp³-hybridized carbons (Fsp3) is 0.500. The van der Waals surface area contributed by atoms with E-state index in [1.165, 1.54) is 7.11 Å². The average molecular weight is 236 g/mol. The third kappa shape index (κ3) is 3.30. The Morgan fingerprint density at radius 2 is 1.82 bits per heavy atom. The van der Waals surface area contributed by atoms with Crippen LogP contribution in [-0.2, 0) is 20.7 Å². The van der Waals surface area contributed by atoms with Crippen LogP contribution < -0.4 is 0 Å². The van der Waals surface area contributed by atoms with Gasteiger partial charge in [-0.1, -0.05) is 30.3 Å². The van der Waals surface area contributed by atoms with Gasteiger partial charge in [-0.05, 0) is 25.8 Å². The second-order valence-electron chi connectivity index (χ2n) is 4.63. The van der Waals surface area contributed by atoms with Gasteiger partial charge in [0.1, 0.15) is 0 Å². The molecule has 0 saturated carbocycles. The molecule has 0 bridgehead atoms. The van der Waals surface area contributed by atoms with Crippen molar-refractivity contribution in [1.82, 2.24) is 0 Å². The minimum absolute atomic E-state index is 0.197. The van der Waals surface area contributed by atoms with E-state index < -0.39 is 5.41 Å². The van der Waals surface area contributed by atoms with Crippen LogP contribution >= 0.6 is 0 Å². The maximum absolute atomic E-state index is 11.7. The molecule has 0 aliphatic heterocycles. The molecule has 0 heterocycles. The lowest BCUT2D eigenvalue weighted by molar-refractivity contribution is -0.158. The van der Waals surface area contributed by atoms with Crippen LogP contribution in [0.4, 0.5) is 0 Å². The van der Waals surface area contributed by atoms with E-state index in [2.05, 4.69) is 0 Å². The number of benzene rings is 1. The van der Waals surface area contributed by atoms with Crippen molar-refractivity contribution in [2.45, 2.75) is 26.4 Å². The number of ether oxygens (including phenoxy) is 2. The highest BCUT2D eigenvalue weighted by Gasteiger charge is 2.38. The Bertz CT molecular complexity index is 357. The number of rotatable bonds is 5.